The molecule has 0 saturated carbocycles. The summed E-state index contributed by atoms with van der Waals surface area (Å²) in [6, 6.07) is 0. The number of rotatable bonds is 50. The SMILES string of the molecule is CC/C=C\C/C=C\C/C=C\C/C=C\C/C=C\C/C=C\C/C=C\C/C=C\CCCCC(=O)OC(COC(=O)CCCCCCCC/C=C\C/C=C\C/C=C\CCCCCCC)COC(OCC[N+](C)(C)C)C(=O)[O-]. The highest BCUT2D eigenvalue weighted by Crippen LogP contribution is 2.12. The topological polar surface area (TPSA) is 111 Å². The van der Waals surface area contributed by atoms with Crippen LogP contribution in [0.5, 0.6) is 0 Å². The first-order valence-corrected chi connectivity index (χ1v) is 28.3. The van der Waals surface area contributed by atoms with E-state index in [1.807, 2.05) is 21.1 Å². The molecule has 0 rings (SSSR count). The highest BCUT2D eigenvalue weighted by atomic mass is 16.7. The maximum atomic E-state index is 12.8. The normalized spacial score (nSPS) is 13.8. The van der Waals surface area contributed by atoms with Gasteiger partial charge in [-0.25, -0.2) is 0 Å². The molecule has 0 aromatic heterocycles. The fraction of sp³-hybridized carbons (Fsp3) is 0.609. The second-order valence-corrected chi connectivity index (χ2v) is 19.5. The number of unbranched alkanes of at least 4 members (excludes halogenated alkanes) is 13. The van der Waals surface area contributed by atoms with E-state index in [-0.39, 0.29) is 38.6 Å². The molecule has 0 amide bonds. The zero-order chi connectivity index (χ0) is 53.4. The number of carbonyl (C=O) groups excluding carboxylic acids is 3. The molecule has 0 fully saturated rings. The Morgan fingerprint density at radius 1 is 0.425 bits per heavy atom. The molecule has 9 nitrogen and oxygen atoms in total. The van der Waals surface area contributed by atoms with Crippen LogP contribution in [0.3, 0.4) is 0 Å². The highest BCUT2D eigenvalue weighted by molar-refractivity contribution is 5.70. The second kappa shape index (κ2) is 53.7. The molecule has 2 atom stereocenters. The summed E-state index contributed by atoms with van der Waals surface area (Å²) in [6.45, 7) is 4.53. The quantitative estimate of drug-likeness (QED) is 0.0195. The van der Waals surface area contributed by atoms with Crippen molar-refractivity contribution in [1.29, 1.82) is 0 Å². The number of nitrogens with zero attached hydrogens (tertiary/aromatic N) is 1. The maximum absolute atomic E-state index is 12.8. The first kappa shape index (κ1) is 68.4. The summed E-state index contributed by atoms with van der Waals surface area (Å²) in [5, 5.41) is 11.8. The van der Waals surface area contributed by atoms with Gasteiger partial charge in [-0.2, -0.15) is 0 Å². The number of quaternary nitrogens is 1. The Bertz CT molecular complexity index is 1650. The van der Waals surface area contributed by atoms with E-state index < -0.39 is 24.3 Å². The van der Waals surface area contributed by atoms with Crippen LogP contribution in [0.4, 0.5) is 0 Å². The lowest BCUT2D eigenvalue weighted by molar-refractivity contribution is -0.870. The van der Waals surface area contributed by atoms with Crippen LogP contribution in [0.1, 0.15) is 194 Å². The Kier molecular flexibility index (Phi) is 50.4. The lowest BCUT2D eigenvalue weighted by Gasteiger charge is -2.26. The van der Waals surface area contributed by atoms with Crippen LogP contribution >= 0.6 is 0 Å². The first-order valence-electron chi connectivity index (χ1n) is 28.3. The maximum Gasteiger partial charge on any atom is 0.306 e. The average molecular weight is 1010 g/mol. The molecule has 0 aliphatic heterocycles. The Labute approximate surface area is 446 Å². The van der Waals surface area contributed by atoms with Crippen LogP contribution < -0.4 is 5.11 Å². The number of carboxylic acids is 1. The van der Waals surface area contributed by atoms with Crippen molar-refractivity contribution in [3.63, 3.8) is 0 Å². The number of ether oxygens (including phenoxy) is 4. The van der Waals surface area contributed by atoms with E-state index in [4.69, 9.17) is 18.9 Å². The van der Waals surface area contributed by atoms with E-state index >= 15 is 0 Å². The predicted molar refractivity (Wildman–Crippen MR) is 306 cm³/mol. The number of hydrogen-bond acceptors (Lipinski definition) is 8. The standard InChI is InChI=1S/C64H103NO8/c1-6-8-10-12-14-16-18-20-22-24-26-28-29-30-31-32-33-35-37-39-41-43-45-47-49-51-53-55-62(67)73-60(59-72-64(63(68)69)70-57-56-65(3,4)5)58-71-61(66)54-52-50-48-46-44-42-40-38-36-34-27-25-23-21-19-17-15-13-11-9-7-2/h8,10,14,16,19-22,25-28,30-31,33,35-36,38-39,41,45,47,60,64H,6-7,9,11-13,15,17-18,23-24,29,32,34,37,40,42-44,46,48-59H2,1-5H3/b10-8-,16-14-,21-19-,22-20-,27-25-,28-26-,31-30-,35-33-,38-36-,41-39-,47-45-. The zero-order valence-electron chi connectivity index (χ0n) is 46.7. The van der Waals surface area contributed by atoms with Crippen molar-refractivity contribution in [2.24, 2.45) is 0 Å². The van der Waals surface area contributed by atoms with Gasteiger partial charge in [0.1, 0.15) is 13.2 Å². The van der Waals surface area contributed by atoms with Gasteiger partial charge in [0.25, 0.3) is 0 Å². The van der Waals surface area contributed by atoms with E-state index in [0.717, 1.165) is 116 Å². The predicted octanol–water partition coefficient (Wildman–Crippen LogP) is 15.3. The average Bonchev–Trinajstić information content (AvgIpc) is 3.36. The number of carboxylic acid groups (broad SMARTS) is 1. The van der Waals surface area contributed by atoms with E-state index in [2.05, 4.69) is 148 Å². The van der Waals surface area contributed by atoms with Gasteiger partial charge < -0.3 is 33.3 Å². The van der Waals surface area contributed by atoms with Crippen molar-refractivity contribution in [3.05, 3.63) is 134 Å². The van der Waals surface area contributed by atoms with Crippen molar-refractivity contribution < 1.29 is 42.9 Å². The molecule has 412 valence electrons. The summed E-state index contributed by atoms with van der Waals surface area (Å²) in [4.78, 5) is 37.3. The molecule has 9 heteroatoms. The first-order chi connectivity index (χ1) is 35.6. The molecule has 2 unspecified atom stereocenters. The number of likely N-dealkylation sites (N-methyl/N-ethyl adjacent to an activating group) is 1. The molecule has 0 radical (unpaired) electrons. The summed E-state index contributed by atoms with van der Waals surface area (Å²) in [5.74, 6) is -2.38. The van der Waals surface area contributed by atoms with Gasteiger partial charge in [-0.3, -0.25) is 9.59 Å². The Morgan fingerprint density at radius 2 is 0.781 bits per heavy atom. The summed E-state index contributed by atoms with van der Waals surface area (Å²) in [6.07, 6.45) is 73.5. The van der Waals surface area contributed by atoms with Crippen molar-refractivity contribution >= 4 is 17.9 Å². The van der Waals surface area contributed by atoms with Crippen LogP contribution in [-0.4, -0.2) is 82.3 Å². The molecule has 0 aromatic rings. The molecule has 0 saturated heterocycles. The van der Waals surface area contributed by atoms with Gasteiger partial charge in [-0.15, -0.1) is 0 Å². The van der Waals surface area contributed by atoms with Crippen molar-refractivity contribution in [2.45, 2.75) is 206 Å². The fourth-order valence-corrected chi connectivity index (χ4v) is 7.03. The number of esters is 2. The third-order valence-corrected chi connectivity index (χ3v) is 11.4. The lowest BCUT2D eigenvalue weighted by atomic mass is 10.1. The largest absolute Gasteiger partial charge is 0.545 e. The van der Waals surface area contributed by atoms with Gasteiger partial charge in [0.15, 0.2) is 12.4 Å². The molecule has 0 heterocycles. The molecule has 0 bridgehead atoms. The highest BCUT2D eigenvalue weighted by Gasteiger charge is 2.21. The molecular weight excluding hydrogens is 911 g/mol. The number of aliphatic carboxylic acids is 1. The van der Waals surface area contributed by atoms with Gasteiger partial charge in [0, 0.05) is 12.8 Å². The smallest absolute Gasteiger partial charge is 0.306 e. The van der Waals surface area contributed by atoms with Gasteiger partial charge in [0.05, 0.1) is 40.3 Å². The minimum Gasteiger partial charge on any atom is -0.545 e. The molecule has 0 aromatic carbocycles. The Hall–Kier alpha value is -4.57. The van der Waals surface area contributed by atoms with Crippen LogP contribution in [0.25, 0.3) is 0 Å². The van der Waals surface area contributed by atoms with Crippen LogP contribution in [0.15, 0.2) is 134 Å². The molecule has 0 spiro atoms. The number of allylic oxidation sites excluding steroid dienone is 22. The number of carbonyl (C=O) groups is 3. The summed E-state index contributed by atoms with van der Waals surface area (Å²) >= 11 is 0. The van der Waals surface area contributed by atoms with Crippen LogP contribution in [0, 0.1) is 0 Å². The van der Waals surface area contributed by atoms with Crippen molar-refractivity contribution in [2.75, 3.05) is 47.5 Å². The molecule has 0 aliphatic carbocycles. The molecule has 0 aliphatic rings. The summed E-state index contributed by atoms with van der Waals surface area (Å²) in [7, 11) is 5.89. The summed E-state index contributed by atoms with van der Waals surface area (Å²) in [5.41, 5.74) is 0. The minimum atomic E-state index is -1.65. The Morgan fingerprint density at radius 3 is 1.19 bits per heavy atom. The van der Waals surface area contributed by atoms with Gasteiger partial charge >= 0.3 is 11.9 Å². The third-order valence-electron chi connectivity index (χ3n) is 11.4. The van der Waals surface area contributed by atoms with E-state index in [9.17, 15) is 19.5 Å². The lowest BCUT2D eigenvalue weighted by Crippen LogP contribution is -2.44. The van der Waals surface area contributed by atoms with Crippen molar-refractivity contribution in [3.8, 4) is 0 Å². The summed E-state index contributed by atoms with van der Waals surface area (Å²) < 4.78 is 22.6. The zero-order valence-corrected chi connectivity index (χ0v) is 46.7. The molecule has 0 N–H and O–H groups in total. The van der Waals surface area contributed by atoms with Gasteiger partial charge in [-0.05, 0) is 116 Å². The van der Waals surface area contributed by atoms with Gasteiger partial charge in [0.2, 0.25) is 0 Å². The van der Waals surface area contributed by atoms with Crippen LogP contribution in [0.2, 0.25) is 0 Å². The minimum absolute atomic E-state index is 0.128. The monoisotopic (exact) mass is 1010 g/mol. The second-order valence-electron chi connectivity index (χ2n) is 19.5. The van der Waals surface area contributed by atoms with Crippen LogP contribution in [-0.2, 0) is 33.3 Å². The number of hydrogen-bond donors (Lipinski definition) is 0. The molecule has 73 heavy (non-hydrogen) atoms. The van der Waals surface area contributed by atoms with E-state index in [1.54, 1.807) is 0 Å². The van der Waals surface area contributed by atoms with Crippen molar-refractivity contribution in [1.82, 2.24) is 0 Å². The van der Waals surface area contributed by atoms with Gasteiger partial charge in [-0.1, -0.05) is 199 Å². The van der Waals surface area contributed by atoms with E-state index in [1.165, 1.54) is 38.5 Å². The third kappa shape index (κ3) is 55.0. The van der Waals surface area contributed by atoms with E-state index in [0.29, 0.717) is 23.9 Å². The fourth-order valence-electron chi connectivity index (χ4n) is 7.03. The Balaban J connectivity index is 4.44. The molecular formula is C64H103NO8.